The van der Waals surface area contributed by atoms with Gasteiger partial charge in [-0.1, -0.05) is 32.5 Å². The van der Waals surface area contributed by atoms with E-state index in [2.05, 4.69) is 64.1 Å². The van der Waals surface area contributed by atoms with Gasteiger partial charge in [-0.3, -0.25) is 0 Å². The molecule has 130 valence electrons. The molecule has 0 aliphatic rings. The van der Waals surface area contributed by atoms with Gasteiger partial charge in [-0.25, -0.2) is 0 Å². The maximum absolute atomic E-state index is 5.96. The zero-order valence-corrected chi connectivity index (χ0v) is 15.9. The fraction of sp³-hybridized carbons (Fsp3) is 0.429. The van der Waals surface area contributed by atoms with Crippen molar-refractivity contribution in [3.63, 3.8) is 0 Å². The lowest BCUT2D eigenvalue weighted by Crippen LogP contribution is -2.13. The monoisotopic (exact) mass is 344 g/mol. The molecule has 3 heteroatoms. The molecule has 24 heavy (non-hydrogen) atoms. The molecule has 0 aromatic heterocycles. The van der Waals surface area contributed by atoms with Crippen LogP contribution in [0, 0.1) is 0 Å². The van der Waals surface area contributed by atoms with Gasteiger partial charge in [0.2, 0.25) is 0 Å². The molecule has 0 amide bonds. The van der Waals surface area contributed by atoms with Crippen molar-refractivity contribution in [3.05, 3.63) is 48.5 Å². The van der Waals surface area contributed by atoms with Crippen LogP contribution < -0.4 is 9.47 Å². The van der Waals surface area contributed by atoms with Crippen molar-refractivity contribution in [1.82, 2.24) is 0 Å². The lowest BCUT2D eigenvalue weighted by molar-refractivity contribution is 0.193. The molecule has 0 aliphatic heterocycles. The molecule has 0 radical (unpaired) electrons. The number of hydrogen-bond acceptors (Lipinski definition) is 3. The molecule has 1 atom stereocenters. The average Bonchev–Trinajstić information content (AvgIpc) is 2.62. The van der Waals surface area contributed by atoms with Gasteiger partial charge in [0.15, 0.2) is 0 Å². The van der Waals surface area contributed by atoms with E-state index in [0.717, 1.165) is 30.8 Å². The van der Waals surface area contributed by atoms with E-state index in [-0.39, 0.29) is 6.10 Å². The quantitative estimate of drug-likeness (QED) is 0.511. The second kappa shape index (κ2) is 9.63. The Labute approximate surface area is 150 Å². The van der Waals surface area contributed by atoms with Crippen molar-refractivity contribution in [3.8, 4) is 11.5 Å². The second-order valence-corrected chi connectivity index (χ2v) is 7.08. The zero-order valence-electron chi connectivity index (χ0n) is 15.1. The Morgan fingerprint density at radius 2 is 1.17 bits per heavy atom. The van der Waals surface area contributed by atoms with E-state index in [1.54, 1.807) is 11.8 Å². The zero-order chi connectivity index (χ0) is 17.4. The molecule has 0 heterocycles. The summed E-state index contributed by atoms with van der Waals surface area (Å²) in [7, 11) is 0. The molecule has 0 N–H and O–H groups in total. The number of rotatable bonds is 9. The van der Waals surface area contributed by atoms with Gasteiger partial charge in [0.25, 0.3) is 0 Å². The summed E-state index contributed by atoms with van der Waals surface area (Å²) < 4.78 is 11.8. The Bertz CT molecular complexity index is 588. The fourth-order valence-electron chi connectivity index (χ4n) is 2.27. The van der Waals surface area contributed by atoms with Gasteiger partial charge in [-0.2, -0.15) is 0 Å². The van der Waals surface area contributed by atoms with Crippen LogP contribution in [0.1, 0.15) is 47.0 Å². The molecular formula is C21H28O2S. The largest absolute Gasteiger partial charge is 0.491 e. The van der Waals surface area contributed by atoms with E-state index < -0.39 is 0 Å². The van der Waals surface area contributed by atoms with Crippen LogP contribution in [0.3, 0.4) is 0 Å². The maximum atomic E-state index is 5.96. The van der Waals surface area contributed by atoms with Crippen molar-refractivity contribution in [1.29, 1.82) is 0 Å². The van der Waals surface area contributed by atoms with Crippen molar-refractivity contribution >= 4 is 11.8 Å². The Morgan fingerprint density at radius 1 is 0.708 bits per heavy atom. The van der Waals surface area contributed by atoms with Gasteiger partial charge < -0.3 is 9.47 Å². The summed E-state index contributed by atoms with van der Waals surface area (Å²) in [6.45, 7) is 8.54. The Hall–Kier alpha value is -1.61. The molecule has 0 spiro atoms. The first-order valence-corrected chi connectivity index (χ1v) is 9.67. The predicted octanol–water partition coefficient (Wildman–Crippen LogP) is 6.58. The first kappa shape index (κ1) is 18.7. The van der Waals surface area contributed by atoms with Crippen molar-refractivity contribution in [2.75, 3.05) is 0 Å². The highest BCUT2D eigenvalue weighted by molar-refractivity contribution is 7.99. The third kappa shape index (κ3) is 5.79. The normalized spacial score (nSPS) is 12.2. The Morgan fingerprint density at radius 3 is 1.58 bits per heavy atom. The van der Waals surface area contributed by atoms with Gasteiger partial charge >= 0.3 is 0 Å². The number of ether oxygens (including phenoxy) is 2. The summed E-state index contributed by atoms with van der Waals surface area (Å²) in [5.41, 5.74) is 0. The summed E-state index contributed by atoms with van der Waals surface area (Å²) in [6, 6.07) is 16.6. The van der Waals surface area contributed by atoms with Crippen LogP contribution in [0.15, 0.2) is 58.3 Å². The number of hydrogen-bond donors (Lipinski definition) is 0. The lowest BCUT2D eigenvalue weighted by Gasteiger charge is -2.15. The third-order valence-electron chi connectivity index (χ3n) is 4.01. The summed E-state index contributed by atoms with van der Waals surface area (Å²) in [4.78, 5) is 2.42. The topological polar surface area (TPSA) is 18.5 Å². The van der Waals surface area contributed by atoms with Crippen LogP contribution in [0.2, 0.25) is 0 Å². The van der Waals surface area contributed by atoms with E-state index >= 15 is 0 Å². The SMILES string of the molecule is CCC(C)Oc1ccc(Sc2ccc(OC(CC)CC)cc2)cc1. The molecule has 0 bridgehead atoms. The summed E-state index contributed by atoms with van der Waals surface area (Å²) >= 11 is 1.75. The smallest absolute Gasteiger partial charge is 0.119 e. The third-order valence-corrected chi connectivity index (χ3v) is 5.02. The highest BCUT2D eigenvalue weighted by Gasteiger charge is 2.06. The van der Waals surface area contributed by atoms with Crippen LogP contribution in [-0.2, 0) is 0 Å². The van der Waals surface area contributed by atoms with Gasteiger partial charge in [-0.05, 0) is 74.7 Å². The minimum Gasteiger partial charge on any atom is -0.491 e. The summed E-state index contributed by atoms with van der Waals surface area (Å²) in [5.74, 6) is 1.88. The minimum absolute atomic E-state index is 0.256. The van der Waals surface area contributed by atoms with E-state index in [1.807, 2.05) is 12.1 Å². The second-order valence-electron chi connectivity index (χ2n) is 5.94. The van der Waals surface area contributed by atoms with Crippen LogP contribution in [0.4, 0.5) is 0 Å². The maximum Gasteiger partial charge on any atom is 0.119 e. The molecule has 0 aliphatic carbocycles. The molecule has 2 aromatic carbocycles. The van der Waals surface area contributed by atoms with Gasteiger partial charge in [0, 0.05) is 9.79 Å². The van der Waals surface area contributed by atoms with E-state index in [9.17, 15) is 0 Å². The molecule has 2 aromatic rings. The first-order chi connectivity index (χ1) is 11.6. The van der Waals surface area contributed by atoms with E-state index in [4.69, 9.17) is 9.47 Å². The molecule has 0 saturated carbocycles. The standard InChI is InChI=1S/C21H28O2S/c1-5-16(4)22-18-8-12-20(13-9-18)24-21-14-10-19(11-15-21)23-17(6-2)7-3/h8-17H,5-7H2,1-4H3. The summed E-state index contributed by atoms with van der Waals surface area (Å²) in [6.07, 6.45) is 3.66. The van der Waals surface area contributed by atoms with Gasteiger partial charge in [0.05, 0.1) is 12.2 Å². The van der Waals surface area contributed by atoms with E-state index in [1.165, 1.54) is 9.79 Å². The molecule has 0 saturated heterocycles. The molecule has 0 fully saturated rings. The summed E-state index contributed by atoms with van der Waals surface area (Å²) in [5, 5.41) is 0. The van der Waals surface area contributed by atoms with Gasteiger partial charge in [0.1, 0.15) is 11.5 Å². The molecule has 2 nitrogen and oxygen atoms in total. The van der Waals surface area contributed by atoms with Crippen LogP contribution >= 0.6 is 11.8 Å². The van der Waals surface area contributed by atoms with E-state index in [0.29, 0.717) is 6.10 Å². The fourth-order valence-corrected chi connectivity index (χ4v) is 3.09. The van der Waals surface area contributed by atoms with Gasteiger partial charge in [-0.15, -0.1) is 0 Å². The van der Waals surface area contributed by atoms with Crippen LogP contribution in [0.5, 0.6) is 11.5 Å². The number of benzene rings is 2. The minimum atomic E-state index is 0.256. The van der Waals surface area contributed by atoms with Crippen molar-refractivity contribution in [2.24, 2.45) is 0 Å². The van der Waals surface area contributed by atoms with Crippen LogP contribution in [0.25, 0.3) is 0 Å². The Balaban J connectivity index is 1.93. The highest BCUT2D eigenvalue weighted by Crippen LogP contribution is 2.30. The highest BCUT2D eigenvalue weighted by atomic mass is 32.2. The van der Waals surface area contributed by atoms with Crippen LogP contribution in [-0.4, -0.2) is 12.2 Å². The lowest BCUT2D eigenvalue weighted by atomic mass is 10.2. The first-order valence-electron chi connectivity index (χ1n) is 8.85. The van der Waals surface area contributed by atoms with Crippen molar-refractivity contribution < 1.29 is 9.47 Å². The Kier molecular flexibility index (Phi) is 7.51. The molecule has 1 unspecified atom stereocenters. The van der Waals surface area contributed by atoms with Crippen molar-refractivity contribution in [2.45, 2.75) is 69.0 Å². The average molecular weight is 345 g/mol. The molecule has 2 rings (SSSR count). The molecular weight excluding hydrogens is 316 g/mol. The predicted molar refractivity (Wildman–Crippen MR) is 102 cm³/mol.